The van der Waals surface area contributed by atoms with Crippen molar-refractivity contribution in [1.82, 2.24) is 4.90 Å². The molecule has 24 heteroatoms. The molecule has 8 aromatic carbocycles. The highest BCUT2D eigenvalue weighted by molar-refractivity contribution is 6.34. The average molecular weight is 1340 g/mol. The van der Waals surface area contributed by atoms with Crippen LogP contribution in [0, 0.1) is 34.6 Å². The number of aryl methyl sites for hydroxylation is 5. The number of nitrogens with zero attached hydrogens (tertiary/aromatic N) is 6. The van der Waals surface area contributed by atoms with E-state index in [1.165, 1.54) is 87.3 Å². The Morgan fingerprint density at radius 3 is 1.10 bits per heavy atom. The first-order valence-electron chi connectivity index (χ1n) is 31.1. The largest absolute Gasteiger partial charge is 0.402 e. The molecule has 8 heterocycles. The van der Waals surface area contributed by atoms with Crippen molar-refractivity contribution >= 4 is 87.3 Å². The van der Waals surface area contributed by atoms with Crippen molar-refractivity contribution in [2.45, 2.75) is 97.8 Å². The number of alkyl halides is 6. The van der Waals surface area contributed by atoms with Gasteiger partial charge in [-0.15, -0.1) is 0 Å². The number of amides is 4. The first kappa shape index (κ1) is 64.1. The van der Waals surface area contributed by atoms with Crippen LogP contribution in [-0.4, -0.2) is 85.1 Å². The molecule has 0 saturated carbocycles. The molecule has 0 aliphatic carbocycles. The Kier molecular flexibility index (Phi) is 14.5. The van der Waals surface area contributed by atoms with E-state index in [1.54, 1.807) is 6.07 Å². The second-order valence-electron chi connectivity index (χ2n) is 26.4. The van der Waals surface area contributed by atoms with Gasteiger partial charge in [0.25, 0.3) is 23.6 Å². The fraction of sp³-hybridized carbons (Fsp3) is 0.243. The number of nitrogens with two attached hydrogens (primary N) is 2. The lowest BCUT2D eigenvalue weighted by Gasteiger charge is -2.46. The lowest BCUT2D eigenvalue weighted by atomic mass is 9.74. The van der Waals surface area contributed by atoms with E-state index in [0.29, 0.717) is 18.9 Å². The van der Waals surface area contributed by atoms with E-state index >= 15 is 13.2 Å². The molecule has 0 radical (unpaired) electrons. The molecule has 8 aliphatic rings. The number of ether oxygens (including phenoxy) is 2. The van der Waals surface area contributed by atoms with Gasteiger partial charge in [-0.05, 0) is 200 Å². The number of cyclic esters (lactones) is 4. The molecular formula is C74H60F6N8O10. The summed E-state index contributed by atoms with van der Waals surface area (Å²) in [6.07, 6.45) is -9.71. The second-order valence-corrected chi connectivity index (χ2v) is 26.4. The number of carbonyl (C=O) groups is 8. The van der Waals surface area contributed by atoms with E-state index in [4.69, 9.17) is 11.5 Å². The molecule has 16 rings (SSSR count). The number of anilines is 7. The Bertz CT molecular complexity index is 4860. The van der Waals surface area contributed by atoms with Crippen LogP contribution in [0.1, 0.15) is 169 Å². The predicted octanol–water partition coefficient (Wildman–Crippen LogP) is 12.7. The maximum atomic E-state index is 15.1. The number of hydrogen-bond donors (Lipinski definition) is 2. The minimum absolute atomic E-state index is 0.00860. The summed E-state index contributed by atoms with van der Waals surface area (Å²) >= 11 is 0. The zero-order valence-corrected chi connectivity index (χ0v) is 54.0. The van der Waals surface area contributed by atoms with Crippen LogP contribution in [0.5, 0.6) is 0 Å². The van der Waals surface area contributed by atoms with Crippen LogP contribution in [0.4, 0.5) is 66.2 Å². The summed E-state index contributed by atoms with van der Waals surface area (Å²) in [4.78, 5) is 111. The highest BCUT2D eigenvalue weighted by Crippen LogP contribution is 2.51. The third kappa shape index (κ3) is 9.75. The van der Waals surface area contributed by atoms with Crippen LogP contribution < -0.4 is 36.0 Å². The van der Waals surface area contributed by atoms with E-state index in [2.05, 4.69) is 93.2 Å². The standard InChI is InChI=1S/C38H31F3N4O4.C19H9F3O6.C17H20N4/c1-19-10-20(2)31-22(11-19)16-43-18-44(31)17-23-13-26(12-21(3)32(23)43)45-35(48)28-9-7-25(15-30(28)36(45)49)37(4,38(39,40)41)24-6-8-27-29(14-24)34(47)42(5)33(27)46;1-18(19(20,21)22,8-2-4-10-12(6-8)16(25)27-14(10)23)9-3-5-11-13(7-9)17(26)28-15(11)24;1-10-3-14(18)5-12-7-21-9-20(16(10)12)8-13-6-15(19)4-11(2)17(13)21/h6-15H,16-18H2,1-5H3;2-7H,1H3;3-6H,7-9,18-19H2,1-2H3. The average Bonchev–Trinajstić information content (AvgIpc) is 1.58. The fourth-order valence-electron chi connectivity index (χ4n) is 15.3. The molecule has 18 nitrogen and oxygen atoms in total. The van der Waals surface area contributed by atoms with Crippen LogP contribution in [0.15, 0.2) is 121 Å². The lowest BCUT2D eigenvalue weighted by molar-refractivity contribution is -0.173. The minimum Gasteiger partial charge on any atom is -0.399 e. The third-order valence-corrected chi connectivity index (χ3v) is 20.1. The summed E-state index contributed by atoms with van der Waals surface area (Å²) in [5.41, 5.74) is 22.1. The maximum Gasteiger partial charge on any atom is 0.402 e. The summed E-state index contributed by atoms with van der Waals surface area (Å²) in [6, 6.07) is 29.7. The zero-order valence-electron chi connectivity index (χ0n) is 54.0. The topological polar surface area (TPSA) is 227 Å². The van der Waals surface area contributed by atoms with Crippen molar-refractivity contribution < 1.29 is 74.2 Å². The Morgan fingerprint density at radius 1 is 0.367 bits per heavy atom. The van der Waals surface area contributed by atoms with Crippen molar-refractivity contribution in [3.8, 4) is 0 Å². The predicted molar refractivity (Wildman–Crippen MR) is 351 cm³/mol. The fourth-order valence-corrected chi connectivity index (χ4v) is 15.3. The summed E-state index contributed by atoms with van der Waals surface area (Å²) in [5, 5.41) is 0. The van der Waals surface area contributed by atoms with Crippen molar-refractivity contribution in [2.75, 3.05) is 56.4 Å². The summed E-state index contributed by atoms with van der Waals surface area (Å²) < 4.78 is 96.5. The van der Waals surface area contributed by atoms with Crippen LogP contribution in [0.25, 0.3) is 0 Å². The normalized spacial score (nSPS) is 16.8. The molecule has 8 aromatic rings. The van der Waals surface area contributed by atoms with Gasteiger partial charge in [-0.3, -0.25) is 24.1 Å². The molecule has 0 spiro atoms. The summed E-state index contributed by atoms with van der Waals surface area (Å²) in [7, 11) is 1.27. The number of halogens is 6. The van der Waals surface area contributed by atoms with Gasteiger partial charge in [0.15, 0.2) is 0 Å². The number of hydrogen-bond acceptors (Lipinski definition) is 16. The maximum absolute atomic E-state index is 15.1. The van der Waals surface area contributed by atoms with Gasteiger partial charge in [-0.1, -0.05) is 42.0 Å². The van der Waals surface area contributed by atoms with Gasteiger partial charge >= 0.3 is 36.2 Å². The molecule has 0 aromatic heterocycles. The number of rotatable bonds is 5. The van der Waals surface area contributed by atoms with Gasteiger partial charge in [0.1, 0.15) is 10.8 Å². The Morgan fingerprint density at radius 2 is 0.684 bits per heavy atom. The number of benzene rings is 8. The molecule has 498 valence electrons. The number of carbonyl (C=O) groups excluding carboxylic acids is 8. The smallest absolute Gasteiger partial charge is 0.399 e. The Hall–Kier alpha value is -11.3. The number of fused-ring (bicyclic) bond motifs is 16. The molecule has 4 amide bonds. The number of esters is 4. The lowest BCUT2D eigenvalue weighted by Crippen LogP contribution is -2.47. The van der Waals surface area contributed by atoms with E-state index in [9.17, 15) is 51.5 Å². The van der Waals surface area contributed by atoms with Gasteiger partial charge in [0.05, 0.1) is 63.5 Å². The van der Waals surface area contributed by atoms with E-state index < -0.39 is 70.7 Å². The van der Waals surface area contributed by atoms with Crippen molar-refractivity contribution in [3.05, 3.63) is 238 Å². The summed E-state index contributed by atoms with van der Waals surface area (Å²) in [5.74, 6) is -6.54. The quantitative estimate of drug-likeness (QED) is 0.0537. The monoisotopic (exact) mass is 1330 g/mol. The van der Waals surface area contributed by atoms with Gasteiger partial charge in [0.2, 0.25) is 0 Å². The highest BCUT2D eigenvalue weighted by atomic mass is 19.4. The van der Waals surface area contributed by atoms with Crippen molar-refractivity contribution in [3.63, 3.8) is 0 Å². The second kappa shape index (κ2) is 22.1. The zero-order chi connectivity index (χ0) is 70.0. The van der Waals surface area contributed by atoms with Gasteiger partial charge in [-0.2, -0.15) is 26.3 Å². The molecule has 0 saturated heterocycles. The van der Waals surface area contributed by atoms with Gasteiger partial charge < -0.3 is 40.5 Å². The first-order valence-corrected chi connectivity index (χ1v) is 31.1. The molecule has 0 fully saturated rings. The number of nitrogen functional groups attached to an aromatic ring is 2. The van der Waals surface area contributed by atoms with Crippen molar-refractivity contribution in [1.29, 1.82) is 0 Å². The SMILES string of the molecule is CC(c1ccc2c(c1)C(=O)OC2=O)(c1ccc2c(c1)C(=O)OC2=O)C(F)(F)F.Cc1cc(C)c2c(c1)CN1CN2Cc2cc(N3C(=O)c4ccc(C(C)(c5ccc6c(c5)C(=O)N(C)C6=O)C(F)(F)F)cc4C3=O)cc(C)c21.Cc1cc(N)cc2c1N1Cc3cc(N)cc(C)c3N(C2)C1. The van der Waals surface area contributed by atoms with Crippen LogP contribution >= 0.6 is 0 Å². The van der Waals surface area contributed by atoms with Gasteiger partial charge in [0, 0.05) is 67.4 Å². The van der Waals surface area contributed by atoms with E-state index in [-0.39, 0.29) is 66.8 Å². The molecule has 98 heavy (non-hydrogen) atoms. The van der Waals surface area contributed by atoms with Crippen LogP contribution in [-0.2, 0) is 46.5 Å². The molecule has 1 atom stereocenters. The Balaban J connectivity index is 0.000000140. The molecule has 4 N–H and O–H groups in total. The molecular weight excluding hydrogens is 1270 g/mol. The first-order chi connectivity index (χ1) is 46.2. The number of imide groups is 2. The van der Waals surface area contributed by atoms with E-state index in [0.717, 1.165) is 127 Å². The van der Waals surface area contributed by atoms with E-state index in [1.807, 2.05) is 13.0 Å². The Labute approximate surface area is 556 Å². The van der Waals surface area contributed by atoms with Crippen LogP contribution in [0.2, 0.25) is 0 Å². The highest BCUT2D eigenvalue weighted by Gasteiger charge is 2.57. The molecule has 8 aliphatic heterocycles. The van der Waals surface area contributed by atoms with Crippen molar-refractivity contribution in [2.24, 2.45) is 0 Å². The molecule has 1 unspecified atom stereocenters. The summed E-state index contributed by atoms with van der Waals surface area (Å²) in [6.45, 7) is 17.0. The van der Waals surface area contributed by atoms with Gasteiger partial charge in [-0.25, -0.2) is 24.1 Å². The van der Waals surface area contributed by atoms with Crippen LogP contribution in [0.3, 0.4) is 0 Å². The third-order valence-electron chi connectivity index (χ3n) is 20.1. The minimum atomic E-state index is -4.87. The molecule has 4 bridgehead atoms.